The third-order valence-corrected chi connectivity index (χ3v) is 6.26. The van der Waals surface area contributed by atoms with E-state index in [4.69, 9.17) is 19.4 Å². The molecule has 2 N–H and O–H groups in total. The second-order valence-corrected chi connectivity index (χ2v) is 8.78. The highest BCUT2D eigenvalue weighted by Gasteiger charge is 2.12. The zero-order valence-electron chi connectivity index (χ0n) is 20.4. The van der Waals surface area contributed by atoms with Gasteiger partial charge >= 0.3 is 0 Å². The van der Waals surface area contributed by atoms with Gasteiger partial charge in [-0.1, -0.05) is 0 Å². The van der Waals surface area contributed by atoms with Gasteiger partial charge in [0.25, 0.3) is 0 Å². The number of nitrogens with one attached hydrogen (secondary N) is 1. The van der Waals surface area contributed by atoms with Crippen molar-refractivity contribution in [3.05, 3.63) is 78.9 Å². The second kappa shape index (κ2) is 11.1. The topological polar surface area (TPSA) is 79.7 Å². The summed E-state index contributed by atoms with van der Waals surface area (Å²) in [5.41, 5.74) is 4.23. The number of benzene rings is 3. The fourth-order valence-corrected chi connectivity index (χ4v) is 4.26. The summed E-state index contributed by atoms with van der Waals surface area (Å²) >= 11 is 0. The van der Waals surface area contributed by atoms with Gasteiger partial charge < -0.3 is 19.9 Å². The third kappa shape index (κ3) is 5.93. The maximum absolute atomic E-state index is 9.70. The highest BCUT2D eigenvalue weighted by molar-refractivity contribution is 5.71. The number of methoxy groups -OCH3 is 1. The molecule has 184 valence electrons. The minimum atomic E-state index is 0.212. The van der Waals surface area contributed by atoms with Gasteiger partial charge in [0.15, 0.2) is 0 Å². The van der Waals surface area contributed by atoms with Crippen molar-refractivity contribution in [2.24, 2.45) is 0 Å². The molecule has 1 aromatic heterocycles. The van der Waals surface area contributed by atoms with Crippen molar-refractivity contribution < 1.29 is 14.6 Å². The zero-order valence-corrected chi connectivity index (χ0v) is 20.4. The van der Waals surface area contributed by atoms with Crippen molar-refractivity contribution in [1.82, 2.24) is 14.9 Å². The van der Waals surface area contributed by atoms with Gasteiger partial charge in [-0.15, -0.1) is 0 Å². The average Bonchev–Trinajstić information content (AvgIpc) is 3.44. The van der Waals surface area contributed by atoms with Gasteiger partial charge in [-0.3, -0.25) is 4.90 Å². The number of hydrogen-bond donors (Lipinski definition) is 2. The van der Waals surface area contributed by atoms with E-state index in [1.165, 1.54) is 25.9 Å². The first-order valence-corrected chi connectivity index (χ1v) is 12.2. The molecule has 5 rings (SSSR count). The molecule has 0 radical (unpaired) electrons. The van der Waals surface area contributed by atoms with Gasteiger partial charge in [-0.25, -0.2) is 9.97 Å². The quantitative estimate of drug-likeness (QED) is 0.315. The van der Waals surface area contributed by atoms with Gasteiger partial charge in [0.1, 0.15) is 23.9 Å². The molecule has 1 saturated heterocycles. The van der Waals surface area contributed by atoms with Gasteiger partial charge in [0.05, 0.1) is 18.5 Å². The van der Waals surface area contributed by atoms with Crippen LogP contribution in [0, 0.1) is 0 Å². The lowest BCUT2D eigenvalue weighted by Gasteiger charge is -2.15. The standard InChI is InChI=1S/C29H30N4O3/c1-35-25-12-6-22(7-13-25)28-20-27(21-4-10-24(34)11-5-21)31-29(32-28)30-23-8-14-26(15-9-23)36-19-18-33-16-2-3-17-33/h4-15,20,34H,2-3,16-19H2,1H3,(H,30,31,32). The smallest absolute Gasteiger partial charge is 0.228 e. The Labute approximate surface area is 211 Å². The molecule has 2 heterocycles. The second-order valence-electron chi connectivity index (χ2n) is 8.78. The van der Waals surface area contributed by atoms with Crippen LogP contribution in [0.4, 0.5) is 11.6 Å². The largest absolute Gasteiger partial charge is 0.508 e. The van der Waals surface area contributed by atoms with E-state index >= 15 is 0 Å². The van der Waals surface area contributed by atoms with Crippen molar-refractivity contribution in [3.63, 3.8) is 0 Å². The number of anilines is 2. The molecule has 7 heteroatoms. The van der Waals surface area contributed by atoms with E-state index < -0.39 is 0 Å². The van der Waals surface area contributed by atoms with Crippen LogP contribution in [0.1, 0.15) is 12.8 Å². The van der Waals surface area contributed by atoms with Crippen LogP contribution in [-0.2, 0) is 0 Å². The number of aromatic hydroxyl groups is 1. The predicted octanol–water partition coefficient (Wildman–Crippen LogP) is 5.74. The zero-order chi connectivity index (χ0) is 24.7. The van der Waals surface area contributed by atoms with Crippen LogP contribution in [-0.4, -0.2) is 53.3 Å². The first-order chi connectivity index (χ1) is 17.7. The van der Waals surface area contributed by atoms with E-state index in [0.717, 1.165) is 46.2 Å². The third-order valence-electron chi connectivity index (χ3n) is 6.26. The molecule has 1 fully saturated rings. The number of ether oxygens (including phenoxy) is 2. The van der Waals surface area contributed by atoms with Gasteiger partial charge in [0.2, 0.25) is 5.95 Å². The first kappa shape index (κ1) is 23.6. The first-order valence-electron chi connectivity index (χ1n) is 12.2. The van der Waals surface area contributed by atoms with Gasteiger partial charge in [0, 0.05) is 23.4 Å². The van der Waals surface area contributed by atoms with E-state index in [1.54, 1.807) is 19.2 Å². The molecule has 0 unspecified atom stereocenters. The number of phenols is 1. The molecule has 0 aliphatic carbocycles. The Morgan fingerprint density at radius 3 is 2.00 bits per heavy atom. The maximum Gasteiger partial charge on any atom is 0.228 e. The average molecular weight is 483 g/mol. The van der Waals surface area contributed by atoms with Gasteiger partial charge in [-0.05, 0) is 105 Å². The van der Waals surface area contributed by atoms with Crippen LogP contribution < -0.4 is 14.8 Å². The number of nitrogens with zero attached hydrogens (tertiary/aromatic N) is 3. The monoisotopic (exact) mass is 482 g/mol. The Kier molecular flexibility index (Phi) is 7.28. The summed E-state index contributed by atoms with van der Waals surface area (Å²) in [4.78, 5) is 11.9. The number of hydrogen-bond acceptors (Lipinski definition) is 7. The summed E-state index contributed by atoms with van der Waals surface area (Å²) in [6, 6.07) is 24.5. The Hall–Kier alpha value is -4.10. The molecule has 3 aromatic carbocycles. The molecule has 1 aliphatic rings. The Morgan fingerprint density at radius 2 is 1.39 bits per heavy atom. The summed E-state index contributed by atoms with van der Waals surface area (Å²) in [6.07, 6.45) is 2.58. The molecular weight excluding hydrogens is 452 g/mol. The molecule has 1 aliphatic heterocycles. The fraction of sp³-hybridized carbons (Fsp3) is 0.241. The highest BCUT2D eigenvalue weighted by atomic mass is 16.5. The number of rotatable bonds is 9. The Morgan fingerprint density at radius 1 is 0.806 bits per heavy atom. The Bertz CT molecular complexity index is 1270. The van der Waals surface area contributed by atoms with Crippen LogP contribution in [0.3, 0.4) is 0 Å². The summed E-state index contributed by atoms with van der Waals surface area (Å²) < 4.78 is 11.2. The van der Waals surface area contributed by atoms with E-state index in [2.05, 4.69) is 10.2 Å². The van der Waals surface area contributed by atoms with E-state index in [0.29, 0.717) is 12.6 Å². The van der Waals surface area contributed by atoms with Crippen LogP contribution in [0.15, 0.2) is 78.9 Å². The maximum atomic E-state index is 9.70. The van der Waals surface area contributed by atoms with E-state index in [1.807, 2.05) is 66.7 Å². The van der Waals surface area contributed by atoms with Crippen molar-refractivity contribution >= 4 is 11.6 Å². The molecule has 0 saturated carbocycles. The van der Waals surface area contributed by atoms with Crippen molar-refractivity contribution in [2.45, 2.75) is 12.8 Å². The highest BCUT2D eigenvalue weighted by Crippen LogP contribution is 2.29. The fourth-order valence-electron chi connectivity index (χ4n) is 4.26. The molecule has 0 spiro atoms. The van der Waals surface area contributed by atoms with E-state index in [9.17, 15) is 5.11 Å². The van der Waals surface area contributed by atoms with Crippen molar-refractivity contribution in [3.8, 4) is 39.8 Å². The van der Waals surface area contributed by atoms with Crippen LogP contribution >= 0.6 is 0 Å². The van der Waals surface area contributed by atoms with E-state index in [-0.39, 0.29) is 5.75 Å². The minimum absolute atomic E-state index is 0.212. The molecule has 4 aromatic rings. The molecule has 7 nitrogen and oxygen atoms in total. The lowest BCUT2D eigenvalue weighted by molar-refractivity contribution is 0.238. The number of aromatic nitrogens is 2. The molecule has 0 bridgehead atoms. The van der Waals surface area contributed by atoms with Crippen LogP contribution in [0.25, 0.3) is 22.5 Å². The molecule has 0 amide bonds. The molecule has 36 heavy (non-hydrogen) atoms. The van der Waals surface area contributed by atoms with Crippen molar-refractivity contribution in [1.29, 1.82) is 0 Å². The molecular formula is C29H30N4O3. The summed E-state index contributed by atoms with van der Waals surface area (Å²) in [5, 5.41) is 13.0. The number of likely N-dealkylation sites (tertiary alicyclic amines) is 1. The Balaban J connectivity index is 1.35. The number of phenolic OH excluding ortho intramolecular Hbond substituents is 1. The summed E-state index contributed by atoms with van der Waals surface area (Å²) in [7, 11) is 1.65. The summed E-state index contributed by atoms with van der Waals surface area (Å²) in [5.74, 6) is 2.32. The SMILES string of the molecule is COc1ccc(-c2cc(-c3ccc(O)cc3)nc(Nc3ccc(OCCN4CCCC4)cc3)n2)cc1. The molecule has 0 atom stereocenters. The lowest BCUT2D eigenvalue weighted by atomic mass is 10.1. The van der Waals surface area contributed by atoms with Crippen LogP contribution in [0.2, 0.25) is 0 Å². The normalized spacial score (nSPS) is 13.5. The predicted molar refractivity (Wildman–Crippen MR) is 142 cm³/mol. The minimum Gasteiger partial charge on any atom is -0.508 e. The van der Waals surface area contributed by atoms with Crippen LogP contribution in [0.5, 0.6) is 17.2 Å². The van der Waals surface area contributed by atoms with Gasteiger partial charge in [-0.2, -0.15) is 0 Å². The lowest BCUT2D eigenvalue weighted by Crippen LogP contribution is -2.25. The summed E-state index contributed by atoms with van der Waals surface area (Å²) in [6.45, 7) is 4.00. The van der Waals surface area contributed by atoms with Crippen molar-refractivity contribution in [2.75, 3.05) is 38.7 Å².